The third-order valence-corrected chi connectivity index (χ3v) is 5.93. The molecule has 1 heterocycles. The van der Waals surface area contributed by atoms with Gasteiger partial charge in [0.15, 0.2) is 0 Å². The SMILES string of the molecule is COc1ccccc1N1CC(=O)N(c2ccc(C)cc2C)[C@@H](/C(C)=C\c2ccccc2)C1=O. The molecule has 3 aromatic carbocycles. The molecule has 1 aliphatic rings. The molecule has 0 spiro atoms. The smallest absolute Gasteiger partial charge is 0.255 e. The lowest BCUT2D eigenvalue weighted by molar-refractivity contribution is -0.127. The second-order valence-corrected chi connectivity index (χ2v) is 8.35. The molecule has 0 radical (unpaired) electrons. The number of para-hydroxylation sites is 2. The molecule has 3 aromatic rings. The van der Waals surface area contributed by atoms with Crippen molar-refractivity contribution in [2.75, 3.05) is 23.5 Å². The van der Waals surface area contributed by atoms with Crippen LogP contribution >= 0.6 is 0 Å². The van der Waals surface area contributed by atoms with E-state index in [1.54, 1.807) is 18.1 Å². The Morgan fingerprint density at radius 2 is 1.64 bits per heavy atom. The number of carbonyl (C=O) groups is 2. The standard InChI is InChI=1S/C28H28N2O3/c1-19-14-15-23(20(2)16-19)30-26(31)18-29(24-12-8-9-13-25(24)33-4)28(32)27(30)21(3)17-22-10-6-5-7-11-22/h5-17,27H,18H2,1-4H3/b21-17-/t27-/m0/s1. The van der Waals surface area contributed by atoms with Crippen LogP contribution in [0.3, 0.4) is 0 Å². The van der Waals surface area contributed by atoms with Crippen LogP contribution in [0.2, 0.25) is 0 Å². The molecule has 0 aliphatic carbocycles. The van der Waals surface area contributed by atoms with Gasteiger partial charge in [-0.15, -0.1) is 0 Å². The Kier molecular flexibility index (Phi) is 6.31. The molecule has 1 saturated heterocycles. The van der Waals surface area contributed by atoms with Crippen LogP contribution in [0.1, 0.15) is 23.6 Å². The van der Waals surface area contributed by atoms with E-state index < -0.39 is 6.04 Å². The summed E-state index contributed by atoms with van der Waals surface area (Å²) in [5, 5.41) is 0. The molecule has 1 fully saturated rings. The second kappa shape index (κ2) is 9.33. The summed E-state index contributed by atoms with van der Waals surface area (Å²) in [5.41, 5.74) is 5.18. The first kappa shape index (κ1) is 22.3. The summed E-state index contributed by atoms with van der Waals surface area (Å²) in [7, 11) is 1.56. The predicted molar refractivity (Wildman–Crippen MR) is 133 cm³/mol. The van der Waals surface area contributed by atoms with Gasteiger partial charge in [0.2, 0.25) is 5.91 Å². The zero-order chi connectivity index (χ0) is 23.5. The number of piperazine rings is 1. The monoisotopic (exact) mass is 440 g/mol. The van der Waals surface area contributed by atoms with E-state index in [-0.39, 0.29) is 18.4 Å². The lowest BCUT2D eigenvalue weighted by Crippen LogP contribution is -2.61. The van der Waals surface area contributed by atoms with Crippen molar-refractivity contribution < 1.29 is 14.3 Å². The van der Waals surface area contributed by atoms with Crippen LogP contribution < -0.4 is 14.5 Å². The van der Waals surface area contributed by atoms with Crippen LogP contribution in [0.15, 0.2) is 78.4 Å². The van der Waals surface area contributed by atoms with Gasteiger partial charge >= 0.3 is 0 Å². The Morgan fingerprint density at radius 3 is 2.33 bits per heavy atom. The maximum absolute atomic E-state index is 14.0. The summed E-state index contributed by atoms with van der Waals surface area (Å²) in [5.74, 6) is 0.254. The average Bonchev–Trinajstić information content (AvgIpc) is 2.81. The van der Waals surface area contributed by atoms with Gasteiger partial charge < -0.3 is 4.74 Å². The predicted octanol–water partition coefficient (Wildman–Crippen LogP) is 5.16. The minimum absolute atomic E-state index is 0.0539. The van der Waals surface area contributed by atoms with Crippen molar-refractivity contribution in [2.45, 2.75) is 26.8 Å². The van der Waals surface area contributed by atoms with Gasteiger partial charge in [-0.3, -0.25) is 19.4 Å². The third kappa shape index (κ3) is 4.40. The number of methoxy groups -OCH3 is 1. The zero-order valence-corrected chi connectivity index (χ0v) is 19.4. The lowest BCUT2D eigenvalue weighted by Gasteiger charge is -2.41. The first-order chi connectivity index (χ1) is 15.9. The van der Waals surface area contributed by atoms with E-state index >= 15 is 0 Å². The Morgan fingerprint density at radius 1 is 0.939 bits per heavy atom. The van der Waals surface area contributed by atoms with E-state index in [1.807, 2.05) is 93.6 Å². The zero-order valence-electron chi connectivity index (χ0n) is 19.4. The molecule has 0 aromatic heterocycles. The van der Waals surface area contributed by atoms with Crippen LogP contribution in [-0.4, -0.2) is 31.5 Å². The summed E-state index contributed by atoms with van der Waals surface area (Å²) in [6, 6.07) is 22.3. The molecule has 168 valence electrons. The van der Waals surface area contributed by atoms with E-state index in [0.29, 0.717) is 11.4 Å². The van der Waals surface area contributed by atoms with Crippen LogP contribution in [0.4, 0.5) is 11.4 Å². The minimum Gasteiger partial charge on any atom is -0.495 e. The minimum atomic E-state index is -0.766. The van der Waals surface area contributed by atoms with Crippen molar-refractivity contribution in [2.24, 2.45) is 0 Å². The Hall–Kier alpha value is -3.86. The number of carbonyl (C=O) groups excluding carboxylic acids is 2. The van der Waals surface area contributed by atoms with Crippen molar-refractivity contribution in [3.63, 3.8) is 0 Å². The molecule has 0 saturated carbocycles. The third-order valence-electron chi connectivity index (χ3n) is 5.93. The number of aryl methyl sites for hydroxylation is 2. The van der Waals surface area contributed by atoms with Gasteiger partial charge in [-0.25, -0.2) is 0 Å². The normalized spacial score (nSPS) is 16.8. The molecule has 2 amide bonds. The highest BCUT2D eigenvalue weighted by Crippen LogP contribution is 2.35. The number of benzene rings is 3. The molecule has 5 nitrogen and oxygen atoms in total. The van der Waals surface area contributed by atoms with E-state index in [4.69, 9.17) is 4.74 Å². The highest BCUT2D eigenvalue weighted by Gasteiger charge is 2.42. The van der Waals surface area contributed by atoms with Crippen molar-refractivity contribution >= 4 is 29.3 Å². The number of ether oxygens (including phenoxy) is 1. The second-order valence-electron chi connectivity index (χ2n) is 8.35. The number of hydrogen-bond donors (Lipinski definition) is 0. The largest absolute Gasteiger partial charge is 0.495 e. The lowest BCUT2D eigenvalue weighted by atomic mass is 9.97. The van der Waals surface area contributed by atoms with Crippen LogP contribution in [0.25, 0.3) is 6.08 Å². The van der Waals surface area contributed by atoms with Gasteiger partial charge in [0.05, 0.1) is 12.8 Å². The number of nitrogens with zero attached hydrogens (tertiary/aromatic N) is 2. The molecule has 33 heavy (non-hydrogen) atoms. The maximum atomic E-state index is 14.0. The Balaban J connectivity index is 1.84. The first-order valence-electron chi connectivity index (χ1n) is 11.0. The van der Waals surface area contributed by atoms with Gasteiger partial charge in [0.1, 0.15) is 18.3 Å². The van der Waals surface area contributed by atoms with Crippen LogP contribution in [0.5, 0.6) is 5.75 Å². The number of hydrogen-bond acceptors (Lipinski definition) is 3. The van der Waals surface area contributed by atoms with Crippen molar-refractivity contribution in [3.05, 3.63) is 95.1 Å². The van der Waals surface area contributed by atoms with E-state index in [1.165, 1.54) is 4.90 Å². The topological polar surface area (TPSA) is 49.9 Å². The summed E-state index contributed by atoms with van der Waals surface area (Å²) < 4.78 is 5.48. The molecule has 0 unspecified atom stereocenters. The molecule has 5 heteroatoms. The molecule has 1 aliphatic heterocycles. The molecule has 0 N–H and O–H groups in total. The summed E-state index contributed by atoms with van der Waals surface area (Å²) in [6.07, 6.45) is 1.97. The summed E-state index contributed by atoms with van der Waals surface area (Å²) >= 11 is 0. The number of anilines is 2. The summed E-state index contributed by atoms with van der Waals surface area (Å²) in [4.78, 5) is 30.7. The van der Waals surface area contributed by atoms with Gasteiger partial charge in [0, 0.05) is 5.69 Å². The van der Waals surface area contributed by atoms with Gasteiger partial charge in [-0.05, 0) is 55.7 Å². The van der Waals surface area contributed by atoms with Crippen LogP contribution in [-0.2, 0) is 9.59 Å². The van der Waals surface area contributed by atoms with Gasteiger partial charge in [0.25, 0.3) is 5.91 Å². The van der Waals surface area contributed by atoms with Crippen molar-refractivity contribution in [3.8, 4) is 5.75 Å². The molecular weight excluding hydrogens is 412 g/mol. The Bertz CT molecular complexity index is 1220. The van der Waals surface area contributed by atoms with E-state index in [0.717, 1.165) is 28.0 Å². The van der Waals surface area contributed by atoms with E-state index in [9.17, 15) is 9.59 Å². The summed E-state index contributed by atoms with van der Waals surface area (Å²) in [6.45, 7) is 5.84. The highest BCUT2D eigenvalue weighted by atomic mass is 16.5. The van der Waals surface area contributed by atoms with E-state index in [2.05, 4.69) is 0 Å². The Labute approximate surface area is 194 Å². The molecule has 1 atom stereocenters. The fraction of sp³-hybridized carbons (Fsp3) is 0.214. The fourth-order valence-electron chi connectivity index (χ4n) is 4.39. The quantitative estimate of drug-likeness (QED) is 0.550. The molecular formula is C28H28N2O3. The first-order valence-corrected chi connectivity index (χ1v) is 11.0. The van der Waals surface area contributed by atoms with Crippen molar-refractivity contribution in [1.82, 2.24) is 0 Å². The van der Waals surface area contributed by atoms with Crippen molar-refractivity contribution in [1.29, 1.82) is 0 Å². The molecule has 4 rings (SSSR count). The van der Waals surface area contributed by atoms with Crippen LogP contribution in [0, 0.1) is 13.8 Å². The highest BCUT2D eigenvalue weighted by molar-refractivity contribution is 6.16. The number of rotatable bonds is 5. The van der Waals surface area contributed by atoms with Gasteiger partial charge in [-0.2, -0.15) is 0 Å². The number of amides is 2. The fourth-order valence-corrected chi connectivity index (χ4v) is 4.39. The van der Waals surface area contributed by atoms with Gasteiger partial charge in [-0.1, -0.05) is 66.2 Å². The molecule has 0 bridgehead atoms. The average molecular weight is 441 g/mol. The maximum Gasteiger partial charge on any atom is 0.255 e.